The van der Waals surface area contributed by atoms with E-state index < -0.39 is 0 Å². The van der Waals surface area contributed by atoms with Gasteiger partial charge < -0.3 is 10.6 Å². The Bertz CT molecular complexity index is 416. The van der Waals surface area contributed by atoms with Gasteiger partial charge in [-0.3, -0.25) is 0 Å². The van der Waals surface area contributed by atoms with Crippen molar-refractivity contribution in [2.75, 3.05) is 23.7 Å². The van der Waals surface area contributed by atoms with Gasteiger partial charge in [0.2, 0.25) is 0 Å². The molecule has 0 unspecified atom stereocenters. The molecule has 0 aliphatic carbocycles. The van der Waals surface area contributed by atoms with Crippen molar-refractivity contribution >= 4 is 23.2 Å². The smallest absolute Gasteiger partial charge is 0.154 e. The molecule has 1 aromatic heterocycles. The standard InChI is InChI=1S/C8H7ClN6/c9-6-7(12)13-5-14-8(6)15(3-1-10)4-2-11/h5H,3-4H2,(H2,12,13,14). The summed E-state index contributed by atoms with van der Waals surface area (Å²) >= 11 is 5.85. The molecule has 1 rings (SSSR count). The molecule has 0 aliphatic heterocycles. The number of nitrogens with zero attached hydrogens (tertiary/aromatic N) is 5. The summed E-state index contributed by atoms with van der Waals surface area (Å²) < 4.78 is 0. The van der Waals surface area contributed by atoms with Gasteiger partial charge in [-0.1, -0.05) is 11.6 Å². The lowest BCUT2D eigenvalue weighted by atomic mass is 10.4. The molecule has 0 radical (unpaired) electrons. The molecule has 0 atom stereocenters. The Morgan fingerprint density at radius 3 is 2.47 bits per heavy atom. The van der Waals surface area contributed by atoms with Gasteiger partial charge in [-0.25, -0.2) is 9.97 Å². The normalized spacial score (nSPS) is 9.00. The van der Waals surface area contributed by atoms with Crippen LogP contribution in [-0.2, 0) is 0 Å². The second-order valence-electron chi connectivity index (χ2n) is 2.57. The lowest BCUT2D eigenvalue weighted by Gasteiger charge is -2.17. The highest BCUT2D eigenvalue weighted by atomic mass is 35.5. The Hall–Kier alpha value is -2.05. The number of hydrogen-bond acceptors (Lipinski definition) is 6. The molecule has 0 amide bonds. The van der Waals surface area contributed by atoms with Crippen LogP contribution in [0.2, 0.25) is 5.02 Å². The van der Waals surface area contributed by atoms with Crippen LogP contribution in [0, 0.1) is 22.7 Å². The zero-order valence-electron chi connectivity index (χ0n) is 7.68. The molecule has 1 heterocycles. The van der Waals surface area contributed by atoms with Crippen LogP contribution in [0.5, 0.6) is 0 Å². The third-order valence-electron chi connectivity index (χ3n) is 1.62. The van der Waals surface area contributed by atoms with Gasteiger partial charge in [-0.15, -0.1) is 0 Å². The van der Waals surface area contributed by atoms with E-state index in [1.807, 2.05) is 12.1 Å². The van der Waals surface area contributed by atoms with E-state index in [1.165, 1.54) is 11.2 Å². The minimum atomic E-state index is 0.0176. The first-order valence-corrected chi connectivity index (χ1v) is 4.33. The predicted octanol–water partition coefficient (Wildman–Crippen LogP) is 0.566. The topological polar surface area (TPSA) is 103 Å². The van der Waals surface area contributed by atoms with Gasteiger partial charge in [-0.2, -0.15) is 10.5 Å². The lowest BCUT2D eigenvalue weighted by molar-refractivity contribution is 0.927. The fourth-order valence-corrected chi connectivity index (χ4v) is 1.19. The van der Waals surface area contributed by atoms with Crippen LogP contribution in [0.15, 0.2) is 6.33 Å². The van der Waals surface area contributed by atoms with E-state index in [0.29, 0.717) is 5.82 Å². The summed E-state index contributed by atoms with van der Waals surface area (Å²) in [7, 11) is 0. The summed E-state index contributed by atoms with van der Waals surface area (Å²) in [6.45, 7) is 0.0352. The zero-order chi connectivity index (χ0) is 11.3. The summed E-state index contributed by atoms with van der Waals surface area (Å²) in [4.78, 5) is 8.98. The maximum absolute atomic E-state index is 8.57. The van der Waals surface area contributed by atoms with Gasteiger partial charge in [0, 0.05) is 0 Å². The largest absolute Gasteiger partial charge is 0.382 e. The summed E-state index contributed by atoms with van der Waals surface area (Å²) in [6.07, 6.45) is 1.23. The van der Waals surface area contributed by atoms with Gasteiger partial charge in [0.25, 0.3) is 0 Å². The second kappa shape index (κ2) is 4.99. The number of hydrogen-bond donors (Lipinski definition) is 1. The number of nitrogen functional groups attached to an aromatic ring is 1. The molecule has 76 valence electrons. The van der Waals surface area contributed by atoms with Crippen molar-refractivity contribution in [3.8, 4) is 12.1 Å². The van der Waals surface area contributed by atoms with Crippen molar-refractivity contribution in [3.63, 3.8) is 0 Å². The van der Waals surface area contributed by atoms with Crippen LogP contribution in [0.1, 0.15) is 0 Å². The third kappa shape index (κ3) is 2.46. The van der Waals surface area contributed by atoms with E-state index in [9.17, 15) is 0 Å². The first-order valence-electron chi connectivity index (χ1n) is 3.95. The maximum Gasteiger partial charge on any atom is 0.154 e. The van der Waals surface area contributed by atoms with Crippen LogP contribution >= 0.6 is 11.6 Å². The van der Waals surface area contributed by atoms with Crippen molar-refractivity contribution in [1.82, 2.24) is 9.97 Å². The molecule has 0 saturated carbocycles. The van der Waals surface area contributed by atoms with E-state index in [-0.39, 0.29) is 23.9 Å². The highest BCUT2D eigenvalue weighted by molar-refractivity contribution is 6.35. The first kappa shape index (κ1) is 11.0. The minimum absolute atomic E-state index is 0.0176. The number of nitrogens with two attached hydrogens (primary N) is 1. The van der Waals surface area contributed by atoms with Gasteiger partial charge in [0.05, 0.1) is 12.1 Å². The Labute approximate surface area is 91.5 Å². The third-order valence-corrected chi connectivity index (χ3v) is 1.98. The molecule has 0 saturated heterocycles. The molecule has 0 aliphatic rings. The van der Waals surface area contributed by atoms with Crippen molar-refractivity contribution in [2.45, 2.75) is 0 Å². The Kier molecular flexibility index (Phi) is 3.67. The van der Waals surface area contributed by atoms with E-state index in [1.54, 1.807) is 0 Å². The van der Waals surface area contributed by atoms with E-state index in [2.05, 4.69) is 9.97 Å². The summed E-state index contributed by atoms with van der Waals surface area (Å²) in [5, 5.41) is 17.3. The monoisotopic (exact) mass is 222 g/mol. The second-order valence-corrected chi connectivity index (χ2v) is 2.95. The quantitative estimate of drug-likeness (QED) is 0.750. The SMILES string of the molecule is N#CCN(CC#N)c1ncnc(N)c1Cl. The fraction of sp³-hybridized carbons (Fsp3) is 0.250. The first-order chi connectivity index (χ1) is 7.20. The van der Waals surface area contributed by atoms with E-state index in [0.717, 1.165) is 0 Å². The van der Waals surface area contributed by atoms with Crippen molar-refractivity contribution in [2.24, 2.45) is 0 Å². The number of halogens is 1. The lowest BCUT2D eigenvalue weighted by Crippen LogP contribution is -2.25. The molecule has 7 heteroatoms. The molecule has 0 bridgehead atoms. The van der Waals surface area contributed by atoms with Crippen molar-refractivity contribution in [3.05, 3.63) is 11.3 Å². The maximum atomic E-state index is 8.57. The fourth-order valence-electron chi connectivity index (χ4n) is 0.970. The molecular formula is C8H7ClN6. The average molecular weight is 223 g/mol. The van der Waals surface area contributed by atoms with Crippen LogP contribution in [0.3, 0.4) is 0 Å². The molecule has 2 N–H and O–H groups in total. The molecule has 6 nitrogen and oxygen atoms in total. The van der Waals surface area contributed by atoms with Gasteiger partial charge in [-0.05, 0) is 0 Å². The molecule has 0 aromatic carbocycles. The molecule has 0 spiro atoms. The van der Waals surface area contributed by atoms with E-state index >= 15 is 0 Å². The molecule has 1 aromatic rings. The Morgan fingerprint density at radius 1 is 1.33 bits per heavy atom. The van der Waals surface area contributed by atoms with Crippen LogP contribution in [-0.4, -0.2) is 23.1 Å². The van der Waals surface area contributed by atoms with Gasteiger partial charge in [0.15, 0.2) is 5.82 Å². The highest BCUT2D eigenvalue weighted by Gasteiger charge is 2.13. The van der Waals surface area contributed by atoms with Gasteiger partial charge in [0.1, 0.15) is 30.3 Å². The minimum Gasteiger partial charge on any atom is -0.382 e. The van der Waals surface area contributed by atoms with Crippen LogP contribution in [0.25, 0.3) is 0 Å². The molecular weight excluding hydrogens is 216 g/mol. The van der Waals surface area contributed by atoms with E-state index in [4.69, 9.17) is 27.9 Å². The summed E-state index contributed by atoms with van der Waals surface area (Å²) in [6, 6.07) is 3.83. The van der Waals surface area contributed by atoms with Crippen molar-refractivity contribution < 1.29 is 0 Å². The van der Waals surface area contributed by atoms with Crippen LogP contribution in [0.4, 0.5) is 11.6 Å². The summed E-state index contributed by atoms with van der Waals surface area (Å²) in [5.41, 5.74) is 5.48. The Morgan fingerprint density at radius 2 is 1.93 bits per heavy atom. The number of rotatable bonds is 3. The number of anilines is 2. The molecule has 0 fully saturated rings. The average Bonchev–Trinajstić information content (AvgIpc) is 2.22. The predicted molar refractivity (Wildman–Crippen MR) is 54.9 cm³/mol. The molecule has 15 heavy (non-hydrogen) atoms. The van der Waals surface area contributed by atoms with Gasteiger partial charge >= 0.3 is 0 Å². The number of nitriles is 2. The zero-order valence-corrected chi connectivity index (χ0v) is 8.44. The summed E-state index contributed by atoms with van der Waals surface area (Å²) in [5.74, 6) is 0.426. The van der Waals surface area contributed by atoms with Crippen LogP contribution < -0.4 is 10.6 Å². The van der Waals surface area contributed by atoms with Crippen molar-refractivity contribution in [1.29, 1.82) is 10.5 Å². The highest BCUT2D eigenvalue weighted by Crippen LogP contribution is 2.26. The number of aromatic nitrogens is 2. The Balaban J connectivity index is 3.07.